The Hall–Kier alpha value is -1.12. The molecule has 0 bridgehead atoms. The van der Waals surface area contributed by atoms with Crippen molar-refractivity contribution in [2.75, 3.05) is 11.1 Å². The van der Waals surface area contributed by atoms with Crippen molar-refractivity contribution in [2.24, 2.45) is 0 Å². The number of rotatable bonds is 5. The molecule has 20 heavy (non-hydrogen) atoms. The Labute approximate surface area is 128 Å². The Bertz CT molecular complexity index is 567. The van der Waals surface area contributed by atoms with Gasteiger partial charge in [-0.05, 0) is 18.6 Å². The molecule has 6 heteroatoms. The molecule has 1 heterocycles. The molecule has 0 amide bonds. The summed E-state index contributed by atoms with van der Waals surface area (Å²) in [5, 5.41) is 8.15. The van der Waals surface area contributed by atoms with E-state index in [0.29, 0.717) is 16.0 Å². The molecule has 2 atom stereocenters. The van der Waals surface area contributed by atoms with Crippen molar-refractivity contribution < 1.29 is 0 Å². The summed E-state index contributed by atoms with van der Waals surface area (Å²) >= 11 is 8.04. The van der Waals surface area contributed by atoms with Gasteiger partial charge >= 0.3 is 0 Å². The van der Waals surface area contributed by atoms with Gasteiger partial charge in [0, 0.05) is 11.3 Å². The van der Waals surface area contributed by atoms with Gasteiger partial charge in [0.2, 0.25) is 0 Å². The Kier molecular flexibility index (Phi) is 5.38. The fourth-order valence-corrected chi connectivity index (χ4v) is 3.87. The first kappa shape index (κ1) is 15.3. The summed E-state index contributed by atoms with van der Waals surface area (Å²) in [4.78, 5) is 12.3. The summed E-state index contributed by atoms with van der Waals surface area (Å²) in [5.41, 5.74) is 0.174. The largest absolute Gasteiger partial charge is 0.375 e. The highest BCUT2D eigenvalue weighted by atomic mass is 35.5. The van der Waals surface area contributed by atoms with Gasteiger partial charge in [-0.3, -0.25) is 4.79 Å². The lowest BCUT2D eigenvalue weighted by molar-refractivity contribution is 0.659. The molecule has 2 unspecified atom stereocenters. The second-order valence-electron chi connectivity index (χ2n) is 4.71. The van der Waals surface area contributed by atoms with Crippen LogP contribution in [0.3, 0.4) is 0 Å². The van der Waals surface area contributed by atoms with Crippen molar-refractivity contribution in [1.29, 1.82) is 0 Å². The van der Waals surface area contributed by atoms with Crippen LogP contribution in [-0.2, 0) is 6.54 Å². The first-order chi connectivity index (χ1) is 9.67. The van der Waals surface area contributed by atoms with E-state index in [4.69, 9.17) is 18.0 Å². The van der Waals surface area contributed by atoms with Crippen molar-refractivity contribution in [3.63, 3.8) is 0 Å². The predicted octanol–water partition coefficient (Wildman–Crippen LogP) is 2.62. The van der Waals surface area contributed by atoms with Crippen LogP contribution < -0.4 is 10.9 Å². The van der Waals surface area contributed by atoms with Gasteiger partial charge in [-0.15, -0.1) is 6.42 Å². The fourth-order valence-electron chi connectivity index (χ4n) is 2.49. The second kappa shape index (κ2) is 7.05. The number of terminal acetylenes is 1. The van der Waals surface area contributed by atoms with Crippen LogP contribution in [-0.4, -0.2) is 26.8 Å². The molecule has 0 aliphatic heterocycles. The lowest BCUT2D eigenvalue weighted by Gasteiger charge is -2.21. The summed E-state index contributed by atoms with van der Waals surface area (Å²) in [6.45, 7) is 2.31. The van der Waals surface area contributed by atoms with Crippen LogP contribution >= 0.6 is 23.4 Å². The van der Waals surface area contributed by atoms with Crippen LogP contribution in [0.1, 0.15) is 26.2 Å². The third kappa shape index (κ3) is 3.31. The van der Waals surface area contributed by atoms with Crippen molar-refractivity contribution in [3.05, 3.63) is 21.6 Å². The maximum absolute atomic E-state index is 12.3. The molecule has 0 spiro atoms. The van der Waals surface area contributed by atoms with Crippen LogP contribution in [0.5, 0.6) is 0 Å². The van der Waals surface area contributed by atoms with Gasteiger partial charge in [-0.1, -0.05) is 30.9 Å². The standard InChI is InChI=1S/C14H18ClN3OS/c1-3-8-18-14(19)13(10(15)9-16-18)17-11-6-5-7-12(11)20-4-2/h1,9,11-12,17H,4-8H2,2H3. The van der Waals surface area contributed by atoms with Crippen LogP contribution in [0.4, 0.5) is 5.69 Å². The molecule has 0 saturated heterocycles. The molecule has 1 aromatic rings. The molecule has 108 valence electrons. The summed E-state index contributed by atoms with van der Waals surface area (Å²) in [6, 6.07) is 0.284. The number of thioether (sulfide) groups is 1. The maximum Gasteiger partial charge on any atom is 0.292 e. The van der Waals surface area contributed by atoms with Crippen molar-refractivity contribution in [1.82, 2.24) is 9.78 Å². The number of hydrogen-bond acceptors (Lipinski definition) is 4. The zero-order chi connectivity index (χ0) is 14.5. The number of nitrogens with zero attached hydrogens (tertiary/aromatic N) is 2. The molecular formula is C14H18ClN3OS. The first-order valence-electron chi connectivity index (χ1n) is 6.74. The van der Waals surface area contributed by atoms with Gasteiger partial charge in [-0.2, -0.15) is 16.9 Å². The molecular weight excluding hydrogens is 294 g/mol. The van der Waals surface area contributed by atoms with E-state index in [9.17, 15) is 4.79 Å². The highest BCUT2D eigenvalue weighted by Crippen LogP contribution is 2.32. The average Bonchev–Trinajstić information content (AvgIpc) is 2.86. The number of nitrogens with one attached hydrogen (secondary N) is 1. The zero-order valence-electron chi connectivity index (χ0n) is 11.4. The minimum absolute atomic E-state index is 0.155. The normalized spacial score (nSPS) is 21.6. The van der Waals surface area contributed by atoms with E-state index in [1.54, 1.807) is 0 Å². The van der Waals surface area contributed by atoms with Gasteiger partial charge < -0.3 is 5.32 Å². The van der Waals surface area contributed by atoms with Crippen molar-refractivity contribution >= 4 is 29.1 Å². The average molecular weight is 312 g/mol. The second-order valence-corrected chi connectivity index (χ2v) is 6.63. The minimum atomic E-state index is -0.248. The van der Waals surface area contributed by atoms with Crippen molar-refractivity contribution in [2.45, 2.75) is 44.0 Å². The molecule has 2 rings (SSSR count). The summed E-state index contributed by atoms with van der Waals surface area (Å²) < 4.78 is 1.26. The Morgan fingerprint density at radius 1 is 1.65 bits per heavy atom. The predicted molar refractivity (Wildman–Crippen MR) is 85.5 cm³/mol. The molecule has 1 saturated carbocycles. The van der Waals surface area contributed by atoms with Crippen molar-refractivity contribution in [3.8, 4) is 12.3 Å². The van der Waals surface area contributed by atoms with Crippen LogP contribution in [0.25, 0.3) is 0 Å². The van der Waals surface area contributed by atoms with Gasteiger partial charge in [0.05, 0.1) is 11.2 Å². The Morgan fingerprint density at radius 3 is 3.15 bits per heavy atom. The highest BCUT2D eigenvalue weighted by Gasteiger charge is 2.28. The van der Waals surface area contributed by atoms with E-state index in [1.165, 1.54) is 23.7 Å². The number of hydrogen-bond donors (Lipinski definition) is 1. The number of aromatic nitrogens is 2. The zero-order valence-corrected chi connectivity index (χ0v) is 13.0. The van der Waals surface area contributed by atoms with E-state index in [2.05, 4.69) is 23.3 Å². The lowest BCUT2D eigenvalue weighted by Crippen LogP contribution is -2.32. The molecule has 1 fully saturated rings. The molecule has 1 aliphatic rings. The molecule has 1 N–H and O–H groups in total. The van der Waals surface area contributed by atoms with E-state index >= 15 is 0 Å². The van der Waals surface area contributed by atoms with Gasteiger partial charge in [-0.25, -0.2) is 4.68 Å². The van der Waals surface area contributed by atoms with Gasteiger partial charge in [0.25, 0.3) is 5.56 Å². The third-order valence-electron chi connectivity index (χ3n) is 3.40. The topological polar surface area (TPSA) is 46.9 Å². The van der Waals surface area contributed by atoms with E-state index in [0.717, 1.165) is 12.2 Å². The van der Waals surface area contributed by atoms with E-state index in [-0.39, 0.29) is 18.1 Å². The molecule has 1 aromatic heterocycles. The maximum atomic E-state index is 12.3. The minimum Gasteiger partial charge on any atom is -0.375 e. The lowest BCUT2D eigenvalue weighted by atomic mass is 10.2. The summed E-state index contributed by atoms with van der Waals surface area (Å²) in [5.74, 6) is 3.50. The summed E-state index contributed by atoms with van der Waals surface area (Å²) in [6.07, 6.45) is 10.1. The molecule has 0 radical (unpaired) electrons. The Balaban J connectivity index is 2.22. The van der Waals surface area contributed by atoms with Crippen LogP contribution in [0.15, 0.2) is 11.0 Å². The SMILES string of the molecule is C#CCn1ncc(Cl)c(NC2CCCC2SCC)c1=O. The number of halogens is 1. The smallest absolute Gasteiger partial charge is 0.292 e. The molecule has 1 aliphatic carbocycles. The van der Waals surface area contributed by atoms with Crippen LogP contribution in [0, 0.1) is 12.3 Å². The number of anilines is 1. The van der Waals surface area contributed by atoms with E-state index < -0.39 is 0 Å². The van der Waals surface area contributed by atoms with Gasteiger partial charge in [0.1, 0.15) is 12.2 Å². The molecule has 4 nitrogen and oxygen atoms in total. The highest BCUT2D eigenvalue weighted by molar-refractivity contribution is 7.99. The Morgan fingerprint density at radius 2 is 2.45 bits per heavy atom. The quantitative estimate of drug-likeness (QED) is 0.849. The molecule has 0 aromatic carbocycles. The van der Waals surface area contributed by atoms with Gasteiger partial charge in [0.15, 0.2) is 0 Å². The summed E-state index contributed by atoms with van der Waals surface area (Å²) in [7, 11) is 0. The first-order valence-corrected chi connectivity index (χ1v) is 8.17. The third-order valence-corrected chi connectivity index (χ3v) is 5.01. The van der Waals surface area contributed by atoms with E-state index in [1.807, 2.05) is 11.8 Å². The fraction of sp³-hybridized carbons (Fsp3) is 0.571. The monoisotopic (exact) mass is 311 g/mol. The van der Waals surface area contributed by atoms with Crippen LogP contribution in [0.2, 0.25) is 5.02 Å².